The molecule has 0 saturated heterocycles. The highest BCUT2D eigenvalue weighted by Gasteiger charge is 2.50. The van der Waals surface area contributed by atoms with E-state index in [1.807, 2.05) is 42.5 Å². The molecule has 0 N–H and O–H groups in total. The van der Waals surface area contributed by atoms with E-state index in [4.69, 9.17) is 0 Å². The standard InChI is InChI=1S/C17H19F2NO/c1-16(2,17(3,18)19)15(21)20-12-8-7-11-14(20)13-9-5-4-6-10-13/h4-12,14H,1-3H3. The van der Waals surface area contributed by atoms with Gasteiger partial charge in [0.25, 0.3) is 5.92 Å². The molecule has 2 nitrogen and oxygen atoms in total. The van der Waals surface area contributed by atoms with Crippen LogP contribution >= 0.6 is 0 Å². The van der Waals surface area contributed by atoms with E-state index in [1.54, 1.807) is 12.3 Å². The van der Waals surface area contributed by atoms with Gasteiger partial charge >= 0.3 is 0 Å². The quantitative estimate of drug-likeness (QED) is 0.812. The molecule has 1 aromatic rings. The molecule has 1 aromatic carbocycles. The monoisotopic (exact) mass is 291 g/mol. The molecule has 0 saturated carbocycles. The van der Waals surface area contributed by atoms with Crippen LogP contribution in [0.4, 0.5) is 8.78 Å². The van der Waals surface area contributed by atoms with Crippen molar-refractivity contribution in [3.05, 3.63) is 60.3 Å². The van der Waals surface area contributed by atoms with Gasteiger partial charge in [-0.25, -0.2) is 8.78 Å². The summed E-state index contributed by atoms with van der Waals surface area (Å²) in [6.45, 7) is 3.35. The zero-order chi connectivity index (χ0) is 15.7. The summed E-state index contributed by atoms with van der Waals surface area (Å²) in [6, 6.07) is 9.01. The zero-order valence-electron chi connectivity index (χ0n) is 12.4. The molecule has 1 unspecified atom stereocenters. The van der Waals surface area contributed by atoms with Crippen molar-refractivity contribution in [2.24, 2.45) is 5.41 Å². The second-order valence-corrected chi connectivity index (χ2v) is 5.81. The molecule has 1 heterocycles. The number of hydrogen-bond acceptors (Lipinski definition) is 1. The number of rotatable bonds is 3. The summed E-state index contributed by atoms with van der Waals surface area (Å²) in [7, 11) is 0. The smallest absolute Gasteiger partial charge is 0.259 e. The predicted molar refractivity (Wildman–Crippen MR) is 78.7 cm³/mol. The van der Waals surface area contributed by atoms with Crippen LogP contribution in [0, 0.1) is 5.41 Å². The number of benzene rings is 1. The summed E-state index contributed by atoms with van der Waals surface area (Å²) in [5.74, 6) is -3.69. The number of alkyl halides is 2. The summed E-state index contributed by atoms with van der Waals surface area (Å²) in [5.41, 5.74) is -0.878. The molecule has 4 heteroatoms. The highest BCUT2D eigenvalue weighted by molar-refractivity contribution is 5.84. The van der Waals surface area contributed by atoms with E-state index < -0.39 is 17.2 Å². The van der Waals surface area contributed by atoms with Crippen LogP contribution in [0.15, 0.2) is 54.8 Å². The van der Waals surface area contributed by atoms with Gasteiger partial charge in [0.15, 0.2) is 0 Å². The Morgan fingerprint density at radius 2 is 1.71 bits per heavy atom. The summed E-state index contributed by atoms with van der Waals surface area (Å²) in [6.07, 6.45) is 6.89. The molecule has 0 radical (unpaired) electrons. The van der Waals surface area contributed by atoms with Gasteiger partial charge in [-0.1, -0.05) is 42.5 Å². The molecule has 2 rings (SSSR count). The van der Waals surface area contributed by atoms with Crippen molar-refractivity contribution in [2.75, 3.05) is 0 Å². The first kappa shape index (κ1) is 15.4. The minimum Gasteiger partial charge on any atom is -0.307 e. The first-order valence-corrected chi connectivity index (χ1v) is 6.85. The molecule has 1 amide bonds. The van der Waals surface area contributed by atoms with E-state index in [9.17, 15) is 13.6 Å². The van der Waals surface area contributed by atoms with Gasteiger partial charge in [0.05, 0.1) is 6.04 Å². The fraction of sp³-hybridized carbons (Fsp3) is 0.353. The van der Waals surface area contributed by atoms with Crippen LogP contribution in [0.5, 0.6) is 0 Å². The lowest BCUT2D eigenvalue weighted by Crippen LogP contribution is -2.48. The number of amides is 1. The average Bonchev–Trinajstić information content (AvgIpc) is 2.46. The van der Waals surface area contributed by atoms with Crippen LogP contribution in [0.3, 0.4) is 0 Å². The molecule has 1 aliphatic heterocycles. The van der Waals surface area contributed by atoms with Gasteiger partial charge < -0.3 is 4.90 Å². The Morgan fingerprint density at radius 3 is 2.29 bits per heavy atom. The molecule has 1 atom stereocenters. The SMILES string of the molecule is CC(F)(F)C(C)(C)C(=O)N1C=CC=CC1c1ccccc1. The van der Waals surface area contributed by atoms with E-state index in [-0.39, 0.29) is 6.04 Å². The van der Waals surface area contributed by atoms with Crippen LogP contribution in [-0.4, -0.2) is 16.7 Å². The van der Waals surface area contributed by atoms with Crippen molar-refractivity contribution in [1.82, 2.24) is 4.90 Å². The Morgan fingerprint density at radius 1 is 1.10 bits per heavy atom. The van der Waals surface area contributed by atoms with Gasteiger partial charge in [0, 0.05) is 13.1 Å². The Hall–Kier alpha value is -1.97. The van der Waals surface area contributed by atoms with Crippen LogP contribution in [0.25, 0.3) is 0 Å². The van der Waals surface area contributed by atoms with Gasteiger partial charge in [-0.3, -0.25) is 4.79 Å². The highest BCUT2D eigenvalue weighted by Crippen LogP contribution is 2.40. The van der Waals surface area contributed by atoms with Crippen molar-refractivity contribution < 1.29 is 13.6 Å². The maximum Gasteiger partial charge on any atom is 0.259 e. The number of hydrogen-bond donors (Lipinski definition) is 0. The van der Waals surface area contributed by atoms with Crippen molar-refractivity contribution in [3.63, 3.8) is 0 Å². The lowest BCUT2D eigenvalue weighted by atomic mass is 9.84. The first-order valence-electron chi connectivity index (χ1n) is 6.85. The molecule has 1 aliphatic rings. The van der Waals surface area contributed by atoms with Gasteiger partial charge in [0.1, 0.15) is 5.41 Å². The molecule has 0 aromatic heterocycles. The maximum absolute atomic E-state index is 13.7. The molecule has 0 spiro atoms. The summed E-state index contributed by atoms with van der Waals surface area (Å²) >= 11 is 0. The van der Waals surface area contributed by atoms with Crippen LogP contribution in [0.2, 0.25) is 0 Å². The third kappa shape index (κ3) is 2.89. The van der Waals surface area contributed by atoms with Crippen LogP contribution in [-0.2, 0) is 4.79 Å². The molecular formula is C17H19F2NO. The molecule has 0 aliphatic carbocycles. The number of halogens is 2. The Labute approximate surface area is 123 Å². The topological polar surface area (TPSA) is 20.3 Å². The summed E-state index contributed by atoms with van der Waals surface area (Å²) < 4.78 is 27.5. The van der Waals surface area contributed by atoms with Gasteiger partial charge in [-0.05, 0) is 25.5 Å². The van der Waals surface area contributed by atoms with Crippen molar-refractivity contribution >= 4 is 5.91 Å². The summed E-state index contributed by atoms with van der Waals surface area (Å²) in [5, 5.41) is 0. The normalized spacial score (nSPS) is 18.9. The fourth-order valence-corrected chi connectivity index (χ4v) is 2.12. The lowest BCUT2D eigenvalue weighted by Gasteiger charge is -2.38. The molecular weight excluding hydrogens is 272 g/mol. The zero-order valence-corrected chi connectivity index (χ0v) is 12.4. The van der Waals surface area contributed by atoms with Gasteiger partial charge in [-0.2, -0.15) is 0 Å². The third-order valence-electron chi connectivity index (χ3n) is 3.96. The predicted octanol–water partition coefficient (Wildman–Crippen LogP) is 4.32. The van der Waals surface area contributed by atoms with E-state index >= 15 is 0 Å². The average molecular weight is 291 g/mol. The minimum absolute atomic E-state index is 0.356. The first-order chi connectivity index (χ1) is 9.75. The third-order valence-corrected chi connectivity index (χ3v) is 3.96. The van der Waals surface area contributed by atoms with E-state index in [0.717, 1.165) is 12.5 Å². The Bertz CT molecular complexity index is 570. The minimum atomic E-state index is -3.10. The fourth-order valence-electron chi connectivity index (χ4n) is 2.12. The van der Waals surface area contributed by atoms with Crippen molar-refractivity contribution in [2.45, 2.75) is 32.7 Å². The van der Waals surface area contributed by atoms with Crippen LogP contribution in [0.1, 0.15) is 32.4 Å². The Balaban J connectivity index is 2.35. The maximum atomic E-state index is 13.7. The second kappa shape index (κ2) is 5.43. The number of nitrogens with zero attached hydrogens (tertiary/aromatic N) is 1. The molecule has 0 fully saturated rings. The van der Waals surface area contributed by atoms with Gasteiger partial charge in [0.2, 0.25) is 5.91 Å². The van der Waals surface area contributed by atoms with Crippen molar-refractivity contribution in [3.8, 4) is 0 Å². The largest absolute Gasteiger partial charge is 0.307 e. The van der Waals surface area contributed by atoms with Gasteiger partial charge in [-0.15, -0.1) is 0 Å². The molecule has 21 heavy (non-hydrogen) atoms. The number of carbonyl (C=O) groups excluding carboxylic acids is 1. The van der Waals surface area contributed by atoms with E-state index in [1.165, 1.54) is 18.7 Å². The van der Waals surface area contributed by atoms with E-state index in [2.05, 4.69) is 0 Å². The van der Waals surface area contributed by atoms with Crippen LogP contribution < -0.4 is 0 Å². The van der Waals surface area contributed by atoms with Crippen molar-refractivity contribution in [1.29, 1.82) is 0 Å². The molecule has 0 bridgehead atoms. The lowest BCUT2D eigenvalue weighted by molar-refractivity contribution is -0.161. The second-order valence-electron chi connectivity index (χ2n) is 5.81. The molecule has 112 valence electrons. The number of allylic oxidation sites excluding steroid dienone is 2. The summed E-state index contributed by atoms with van der Waals surface area (Å²) in [4.78, 5) is 14.0. The van der Waals surface area contributed by atoms with E-state index in [0.29, 0.717) is 0 Å². The highest BCUT2D eigenvalue weighted by atomic mass is 19.3. The Kier molecular flexibility index (Phi) is 3.99. The number of carbonyl (C=O) groups is 1.